The molecule has 0 unspecified atom stereocenters. The molecule has 1 amide bonds. The van der Waals surface area contributed by atoms with E-state index in [9.17, 15) is 14.7 Å². The second-order valence-corrected chi connectivity index (χ2v) is 7.17. The first kappa shape index (κ1) is 18.9. The molecule has 0 radical (unpaired) electrons. The van der Waals surface area contributed by atoms with E-state index in [4.69, 9.17) is 0 Å². The van der Waals surface area contributed by atoms with Crippen molar-refractivity contribution in [1.82, 2.24) is 9.88 Å². The third kappa shape index (κ3) is 4.45. The number of carboxylic acid groups (broad SMARTS) is 1. The van der Waals surface area contributed by atoms with E-state index >= 15 is 0 Å². The lowest BCUT2D eigenvalue weighted by Crippen LogP contribution is -2.30. The van der Waals surface area contributed by atoms with Gasteiger partial charge in [-0.25, -0.2) is 0 Å². The number of likely N-dealkylation sites (tertiary alicyclic amines) is 1. The van der Waals surface area contributed by atoms with Gasteiger partial charge in [-0.3, -0.25) is 14.6 Å². The monoisotopic (exact) mass is 367 g/mol. The molecule has 142 valence electrons. The number of amides is 1. The van der Waals surface area contributed by atoms with Gasteiger partial charge in [-0.05, 0) is 36.2 Å². The number of hydrogen-bond donors (Lipinski definition) is 1. The molecule has 1 aromatic carbocycles. The number of anilines is 1. The Balaban J connectivity index is 1.62. The Labute approximate surface area is 159 Å². The van der Waals surface area contributed by atoms with Crippen molar-refractivity contribution < 1.29 is 14.7 Å². The lowest BCUT2D eigenvalue weighted by Gasteiger charge is -2.16. The third-order valence-corrected chi connectivity index (χ3v) is 5.14. The smallest absolute Gasteiger partial charge is 0.309 e. The van der Waals surface area contributed by atoms with Gasteiger partial charge in [0.15, 0.2) is 0 Å². The van der Waals surface area contributed by atoms with Crippen molar-refractivity contribution in [2.75, 3.05) is 32.1 Å². The first-order valence-electron chi connectivity index (χ1n) is 9.13. The SMILES string of the molecule is CN(C)c1ccc(CCC(=O)N2C[C@@H](C(=O)O)[C@H](c3ccccn3)C2)cc1. The van der Waals surface area contributed by atoms with Crippen LogP contribution in [0.1, 0.15) is 23.6 Å². The van der Waals surface area contributed by atoms with Crippen LogP contribution < -0.4 is 4.90 Å². The Morgan fingerprint density at radius 1 is 1.15 bits per heavy atom. The molecular formula is C21H25N3O3. The molecule has 1 N–H and O–H groups in total. The maximum absolute atomic E-state index is 12.6. The Morgan fingerprint density at radius 3 is 2.48 bits per heavy atom. The van der Waals surface area contributed by atoms with E-state index in [-0.39, 0.29) is 18.4 Å². The Kier molecular flexibility index (Phi) is 5.74. The number of carboxylic acids is 1. The fourth-order valence-corrected chi connectivity index (χ4v) is 3.52. The first-order chi connectivity index (χ1) is 13.0. The van der Waals surface area contributed by atoms with Crippen molar-refractivity contribution in [1.29, 1.82) is 0 Å². The van der Waals surface area contributed by atoms with Crippen LogP contribution in [0.25, 0.3) is 0 Å². The van der Waals surface area contributed by atoms with Gasteiger partial charge in [0.2, 0.25) is 5.91 Å². The lowest BCUT2D eigenvalue weighted by molar-refractivity contribution is -0.141. The van der Waals surface area contributed by atoms with Crippen LogP contribution >= 0.6 is 0 Å². The number of aromatic nitrogens is 1. The summed E-state index contributed by atoms with van der Waals surface area (Å²) >= 11 is 0. The van der Waals surface area contributed by atoms with E-state index in [1.165, 1.54) is 0 Å². The summed E-state index contributed by atoms with van der Waals surface area (Å²) in [5.41, 5.74) is 2.95. The first-order valence-corrected chi connectivity index (χ1v) is 9.13. The molecule has 6 nitrogen and oxygen atoms in total. The topological polar surface area (TPSA) is 73.7 Å². The largest absolute Gasteiger partial charge is 0.481 e. The van der Waals surface area contributed by atoms with Crippen LogP contribution in [-0.4, -0.2) is 54.1 Å². The van der Waals surface area contributed by atoms with Crippen molar-refractivity contribution in [3.63, 3.8) is 0 Å². The van der Waals surface area contributed by atoms with E-state index in [2.05, 4.69) is 4.98 Å². The fourth-order valence-electron chi connectivity index (χ4n) is 3.52. The number of hydrogen-bond acceptors (Lipinski definition) is 4. The summed E-state index contributed by atoms with van der Waals surface area (Å²) in [5, 5.41) is 9.55. The van der Waals surface area contributed by atoms with Crippen molar-refractivity contribution in [3.8, 4) is 0 Å². The van der Waals surface area contributed by atoms with Crippen molar-refractivity contribution in [2.45, 2.75) is 18.8 Å². The van der Waals surface area contributed by atoms with E-state index in [0.717, 1.165) is 16.9 Å². The molecule has 1 saturated heterocycles. The van der Waals surface area contributed by atoms with Gasteiger partial charge in [0, 0.05) is 57.1 Å². The number of carbonyl (C=O) groups is 2. The van der Waals surface area contributed by atoms with Crippen LogP contribution in [-0.2, 0) is 16.0 Å². The molecule has 0 spiro atoms. The molecule has 1 fully saturated rings. The van der Waals surface area contributed by atoms with Crippen LogP contribution in [0.2, 0.25) is 0 Å². The predicted octanol–water partition coefficient (Wildman–Crippen LogP) is 2.41. The minimum Gasteiger partial charge on any atom is -0.481 e. The van der Waals surface area contributed by atoms with Crippen molar-refractivity contribution in [3.05, 3.63) is 59.9 Å². The minimum absolute atomic E-state index is 0.00336. The maximum Gasteiger partial charge on any atom is 0.309 e. The van der Waals surface area contributed by atoms with Gasteiger partial charge in [0.25, 0.3) is 0 Å². The number of aryl methyl sites for hydroxylation is 1. The average molecular weight is 367 g/mol. The van der Waals surface area contributed by atoms with E-state index in [0.29, 0.717) is 19.4 Å². The number of benzene rings is 1. The molecule has 27 heavy (non-hydrogen) atoms. The van der Waals surface area contributed by atoms with E-state index < -0.39 is 11.9 Å². The van der Waals surface area contributed by atoms with Gasteiger partial charge in [-0.2, -0.15) is 0 Å². The second-order valence-electron chi connectivity index (χ2n) is 7.17. The highest BCUT2D eigenvalue weighted by Crippen LogP contribution is 2.32. The van der Waals surface area contributed by atoms with Gasteiger partial charge < -0.3 is 14.9 Å². The number of aliphatic carboxylic acids is 1. The predicted molar refractivity (Wildman–Crippen MR) is 104 cm³/mol. The summed E-state index contributed by atoms with van der Waals surface area (Å²) < 4.78 is 0. The van der Waals surface area contributed by atoms with Gasteiger partial charge in [-0.1, -0.05) is 18.2 Å². The van der Waals surface area contributed by atoms with Crippen LogP contribution in [0, 0.1) is 5.92 Å². The number of nitrogens with zero attached hydrogens (tertiary/aromatic N) is 3. The lowest BCUT2D eigenvalue weighted by atomic mass is 9.93. The van der Waals surface area contributed by atoms with E-state index in [1.54, 1.807) is 17.2 Å². The molecule has 0 saturated carbocycles. The zero-order valence-electron chi connectivity index (χ0n) is 15.7. The van der Waals surface area contributed by atoms with Crippen LogP contribution in [0.4, 0.5) is 5.69 Å². The molecule has 3 rings (SSSR count). The van der Waals surface area contributed by atoms with Gasteiger partial charge in [0.1, 0.15) is 0 Å². The van der Waals surface area contributed by atoms with Crippen molar-refractivity contribution in [2.24, 2.45) is 5.92 Å². The van der Waals surface area contributed by atoms with Crippen molar-refractivity contribution >= 4 is 17.6 Å². The molecule has 1 aliphatic rings. The van der Waals surface area contributed by atoms with Crippen LogP contribution in [0.5, 0.6) is 0 Å². The molecule has 0 aliphatic carbocycles. The highest BCUT2D eigenvalue weighted by atomic mass is 16.4. The minimum atomic E-state index is -0.875. The fraction of sp³-hybridized carbons (Fsp3) is 0.381. The quantitative estimate of drug-likeness (QED) is 0.849. The molecule has 2 aromatic rings. The Bertz CT molecular complexity index is 790. The number of carbonyl (C=O) groups excluding carboxylic acids is 1. The number of rotatable bonds is 6. The van der Waals surface area contributed by atoms with Crippen LogP contribution in [0.15, 0.2) is 48.7 Å². The Hall–Kier alpha value is -2.89. The van der Waals surface area contributed by atoms with Gasteiger partial charge in [0.05, 0.1) is 5.92 Å². The normalized spacial score (nSPS) is 19.1. The number of pyridine rings is 1. The standard InChI is InChI=1S/C21H25N3O3/c1-23(2)16-9-6-15(7-10-16)8-11-20(25)24-13-17(18(14-24)21(26)27)19-5-3-4-12-22-19/h3-7,9-10,12,17-18H,8,11,13-14H2,1-2H3,(H,26,27)/t17-,18-/m1/s1. The highest BCUT2D eigenvalue weighted by molar-refractivity contribution is 5.79. The summed E-state index contributed by atoms with van der Waals surface area (Å²) in [6, 6.07) is 13.6. The summed E-state index contributed by atoms with van der Waals surface area (Å²) in [6.45, 7) is 0.654. The Morgan fingerprint density at radius 2 is 1.89 bits per heavy atom. The zero-order valence-corrected chi connectivity index (χ0v) is 15.7. The molecule has 6 heteroatoms. The summed E-state index contributed by atoms with van der Waals surface area (Å²) in [6.07, 6.45) is 2.69. The molecule has 2 heterocycles. The molecule has 0 bridgehead atoms. The zero-order chi connectivity index (χ0) is 19.4. The second kappa shape index (κ2) is 8.20. The molecular weight excluding hydrogens is 342 g/mol. The highest BCUT2D eigenvalue weighted by Gasteiger charge is 2.40. The summed E-state index contributed by atoms with van der Waals surface area (Å²) in [5.74, 6) is -1.74. The maximum atomic E-state index is 12.6. The van der Waals surface area contributed by atoms with E-state index in [1.807, 2.05) is 55.4 Å². The molecule has 2 atom stereocenters. The molecule has 1 aromatic heterocycles. The summed E-state index contributed by atoms with van der Waals surface area (Å²) in [7, 11) is 3.98. The van der Waals surface area contributed by atoms with Crippen LogP contribution in [0.3, 0.4) is 0 Å². The molecule has 1 aliphatic heterocycles. The van der Waals surface area contributed by atoms with Gasteiger partial charge >= 0.3 is 5.97 Å². The third-order valence-electron chi connectivity index (χ3n) is 5.14. The summed E-state index contributed by atoms with van der Waals surface area (Å²) in [4.78, 5) is 32.3. The van der Waals surface area contributed by atoms with Gasteiger partial charge in [-0.15, -0.1) is 0 Å². The average Bonchev–Trinajstić information content (AvgIpc) is 3.13.